The first kappa shape index (κ1) is 16.2. The Kier molecular flexibility index (Phi) is 5.16. The van der Waals surface area contributed by atoms with Crippen molar-refractivity contribution in [3.63, 3.8) is 0 Å². The number of hydrogen-bond acceptors (Lipinski definition) is 4. The summed E-state index contributed by atoms with van der Waals surface area (Å²) in [6.45, 7) is 14.7. The summed E-state index contributed by atoms with van der Waals surface area (Å²) in [6.07, 6.45) is 1.11. The third-order valence-electron chi connectivity index (χ3n) is 3.70. The molecule has 0 amide bonds. The fourth-order valence-electron chi connectivity index (χ4n) is 1.59. The summed E-state index contributed by atoms with van der Waals surface area (Å²) in [5.41, 5.74) is 1.24. The third-order valence-corrected chi connectivity index (χ3v) is 3.70. The fourth-order valence-corrected chi connectivity index (χ4v) is 1.59. The summed E-state index contributed by atoms with van der Waals surface area (Å²) in [7, 11) is 2.12. The number of hydrogen-bond donors (Lipinski definition) is 1. The van der Waals surface area contributed by atoms with Crippen LogP contribution in [0.15, 0.2) is 10.6 Å². The lowest BCUT2D eigenvalue weighted by Gasteiger charge is -2.33. The molecule has 1 N–H and O–H groups in total. The van der Waals surface area contributed by atoms with Gasteiger partial charge >= 0.3 is 0 Å². The smallest absolute Gasteiger partial charge is 0.151 e. The van der Waals surface area contributed by atoms with E-state index in [1.807, 2.05) is 6.07 Å². The molecule has 0 aliphatic rings. The van der Waals surface area contributed by atoms with Crippen molar-refractivity contribution in [1.29, 1.82) is 0 Å². The minimum atomic E-state index is 0.0973. The van der Waals surface area contributed by atoms with Gasteiger partial charge in [0, 0.05) is 23.7 Å². The molecule has 0 bridgehead atoms. The van der Waals surface area contributed by atoms with Crippen molar-refractivity contribution in [1.82, 2.24) is 15.4 Å². The third kappa shape index (κ3) is 5.33. The molecule has 0 spiro atoms. The zero-order chi connectivity index (χ0) is 14.7. The van der Waals surface area contributed by atoms with Crippen molar-refractivity contribution in [3.8, 4) is 0 Å². The zero-order valence-corrected chi connectivity index (χ0v) is 13.5. The van der Waals surface area contributed by atoms with E-state index in [0.29, 0.717) is 0 Å². The zero-order valence-electron chi connectivity index (χ0n) is 13.5. The normalized spacial score (nSPS) is 13.3. The summed E-state index contributed by atoms with van der Waals surface area (Å²) < 4.78 is 5.41. The molecule has 0 aliphatic heterocycles. The van der Waals surface area contributed by atoms with Crippen LogP contribution >= 0.6 is 0 Å². The van der Waals surface area contributed by atoms with E-state index in [1.165, 1.54) is 0 Å². The first-order valence-electron chi connectivity index (χ1n) is 7.05. The maximum Gasteiger partial charge on any atom is 0.151 e. The largest absolute Gasteiger partial charge is 0.360 e. The molecule has 1 rings (SSSR count). The van der Waals surface area contributed by atoms with Gasteiger partial charge in [0.25, 0.3) is 0 Å². The fraction of sp³-hybridized carbons (Fsp3) is 0.800. The summed E-state index contributed by atoms with van der Waals surface area (Å²) in [5, 5.41) is 7.53. The number of nitrogens with one attached hydrogen (secondary N) is 1. The average molecular weight is 267 g/mol. The molecule has 1 aromatic heterocycles. The standard InChI is InChI=1S/C15H29N3O/c1-8-15(5,6)18(7)11-13-9-12(17-19-13)10-16-14(2,3)4/h9,16H,8,10-11H2,1-7H3. The van der Waals surface area contributed by atoms with Crippen molar-refractivity contribution >= 4 is 0 Å². The van der Waals surface area contributed by atoms with E-state index in [-0.39, 0.29) is 11.1 Å². The Morgan fingerprint density at radius 3 is 2.42 bits per heavy atom. The summed E-state index contributed by atoms with van der Waals surface area (Å²) in [6, 6.07) is 2.04. The Morgan fingerprint density at radius 1 is 1.26 bits per heavy atom. The van der Waals surface area contributed by atoms with Crippen LogP contribution in [0.2, 0.25) is 0 Å². The molecule has 0 fully saturated rings. The first-order chi connectivity index (χ1) is 8.64. The molecule has 4 nitrogen and oxygen atoms in total. The molecule has 4 heteroatoms. The Balaban J connectivity index is 2.56. The maximum absolute atomic E-state index is 5.41. The van der Waals surface area contributed by atoms with Crippen LogP contribution in [-0.2, 0) is 13.1 Å². The van der Waals surface area contributed by atoms with Crippen LogP contribution < -0.4 is 5.32 Å². The average Bonchev–Trinajstić information content (AvgIpc) is 2.73. The Labute approximate surface area is 117 Å². The molecule has 0 saturated heterocycles. The van der Waals surface area contributed by atoms with Gasteiger partial charge in [0.2, 0.25) is 0 Å². The van der Waals surface area contributed by atoms with E-state index in [1.54, 1.807) is 0 Å². The van der Waals surface area contributed by atoms with Crippen molar-refractivity contribution in [2.24, 2.45) is 0 Å². The van der Waals surface area contributed by atoms with E-state index in [9.17, 15) is 0 Å². The SMILES string of the molecule is CCC(C)(C)N(C)Cc1cc(CNC(C)(C)C)no1. The highest BCUT2D eigenvalue weighted by molar-refractivity contribution is 5.06. The monoisotopic (exact) mass is 267 g/mol. The summed E-state index contributed by atoms with van der Waals surface area (Å²) in [4.78, 5) is 2.30. The van der Waals surface area contributed by atoms with Gasteiger partial charge in [0.15, 0.2) is 5.76 Å². The van der Waals surface area contributed by atoms with Gasteiger partial charge in [-0.3, -0.25) is 4.90 Å². The Bertz CT molecular complexity index is 390. The van der Waals surface area contributed by atoms with Crippen molar-refractivity contribution in [2.45, 2.75) is 72.1 Å². The van der Waals surface area contributed by atoms with Crippen LogP contribution in [0.1, 0.15) is 59.4 Å². The van der Waals surface area contributed by atoms with E-state index in [4.69, 9.17) is 4.52 Å². The van der Waals surface area contributed by atoms with Gasteiger partial charge in [-0.25, -0.2) is 0 Å². The lowest BCUT2D eigenvalue weighted by molar-refractivity contribution is 0.129. The van der Waals surface area contributed by atoms with Gasteiger partial charge in [0.1, 0.15) is 0 Å². The quantitative estimate of drug-likeness (QED) is 0.859. The van der Waals surface area contributed by atoms with Crippen LogP contribution in [0.5, 0.6) is 0 Å². The lowest BCUT2D eigenvalue weighted by Crippen LogP contribution is -2.39. The summed E-state index contributed by atoms with van der Waals surface area (Å²) >= 11 is 0. The van der Waals surface area contributed by atoms with Crippen molar-refractivity contribution in [3.05, 3.63) is 17.5 Å². The second-order valence-corrected chi connectivity index (χ2v) is 6.91. The van der Waals surface area contributed by atoms with Gasteiger partial charge in [-0.15, -0.1) is 0 Å². The predicted molar refractivity (Wildman–Crippen MR) is 78.9 cm³/mol. The van der Waals surface area contributed by atoms with E-state index < -0.39 is 0 Å². The molecular weight excluding hydrogens is 238 g/mol. The topological polar surface area (TPSA) is 41.3 Å². The summed E-state index contributed by atoms with van der Waals surface area (Å²) in [5.74, 6) is 0.926. The minimum Gasteiger partial charge on any atom is -0.360 e. The first-order valence-corrected chi connectivity index (χ1v) is 7.05. The molecule has 1 aromatic rings. The molecule has 0 saturated carbocycles. The molecule has 0 atom stereocenters. The Morgan fingerprint density at radius 2 is 1.89 bits per heavy atom. The molecule has 19 heavy (non-hydrogen) atoms. The van der Waals surface area contributed by atoms with Gasteiger partial charge in [-0.1, -0.05) is 12.1 Å². The number of aromatic nitrogens is 1. The predicted octanol–water partition coefficient (Wildman–Crippen LogP) is 3.18. The van der Waals surface area contributed by atoms with Crippen LogP contribution in [-0.4, -0.2) is 28.2 Å². The van der Waals surface area contributed by atoms with Crippen LogP contribution in [0.4, 0.5) is 0 Å². The van der Waals surface area contributed by atoms with Crippen molar-refractivity contribution < 1.29 is 4.52 Å². The highest BCUT2D eigenvalue weighted by Gasteiger charge is 2.22. The molecule has 0 unspecified atom stereocenters. The lowest BCUT2D eigenvalue weighted by atomic mass is 10.00. The molecule has 110 valence electrons. The van der Waals surface area contributed by atoms with E-state index in [0.717, 1.165) is 31.0 Å². The van der Waals surface area contributed by atoms with Gasteiger partial charge < -0.3 is 9.84 Å². The van der Waals surface area contributed by atoms with Crippen LogP contribution in [0.3, 0.4) is 0 Å². The second-order valence-electron chi connectivity index (χ2n) is 6.91. The van der Waals surface area contributed by atoms with Gasteiger partial charge in [-0.05, 0) is 48.1 Å². The highest BCUT2D eigenvalue weighted by atomic mass is 16.5. The number of nitrogens with zero attached hydrogens (tertiary/aromatic N) is 2. The van der Waals surface area contributed by atoms with Crippen LogP contribution in [0, 0.1) is 0 Å². The molecule has 0 aromatic carbocycles. The maximum atomic E-state index is 5.41. The number of rotatable bonds is 6. The van der Waals surface area contributed by atoms with E-state index >= 15 is 0 Å². The molecule has 0 radical (unpaired) electrons. The second kappa shape index (κ2) is 6.06. The minimum absolute atomic E-state index is 0.0973. The van der Waals surface area contributed by atoms with Crippen LogP contribution in [0.25, 0.3) is 0 Å². The molecule has 1 heterocycles. The highest BCUT2D eigenvalue weighted by Crippen LogP contribution is 2.19. The van der Waals surface area contributed by atoms with Crippen molar-refractivity contribution in [2.75, 3.05) is 7.05 Å². The van der Waals surface area contributed by atoms with Gasteiger partial charge in [-0.2, -0.15) is 0 Å². The Hall–Kier alpha value is -0.870. The molecular formula is C15H29N3O. The van der Waals surface area contributed by atoms with Gasteiger partial charge in [0.05, 0.1) is 12.2 Å². The van der Waals surface area contributed by atoms with E-state index in [2.05, 4.69) is 64.0 Å². The molecule has 0 aliphatic carbocycles.